The molecule has 3 aliphatic rings. The van der Waals surface area contributed by atoms with E-state index in [2.05, 4.69) is 39.8 Å². The Morgan fingerprint density at radius 1 is 0.920 bits per heavy atom. The first kappa shape index (κ1) is 17.2. The lowest BCUT2D eigenvalue weighted by Gasteiger charge is -2.61. The van der Waals surface area contributed by atoms with Gasteiger partial charge in [-0.25, -0.2) is 0 Å². The largest absolute Gasteiger partial charge is 0.497 e. The van der Waals surface area contributed by atoms with Crippen molar-refractivity contribution in [3.8, 4) is 11.5 Å². The molecule has 138 valence electrons. The smallest absolute Gasteiger partial charge is 0.126 e. The Labute approximate surface area is 153 Å². The number of ether oxygens (including phenoxy) is 2. The van der Waals surface area contributed by atoms with E-state index in [1.807, 2.05) is 7.11 Å². The summed E-state index contributed by atoms with van der Waals surface area (Å²) >= 11 is 0. The van der Waals surface area contributed by atoms with Crippen LogP contribution in [0.2, 0.25) is 0 Å². The van der Waals surface area contributed by atoms with Crippen molar-refractivity contribution in [2.45, 2.75) is 71.6 Å². The average Bonchev–Trinajstić information content (AvgIpc) is 2.87. The fraction of sp³-hybridized carbons (Fsp3) is 0.739. The van der Waals surface area contributed by atoms with E-state index in [9.17, 15) is 0 Å². The van der Waals surface area contributed by atoms with Crippen LogP contribution in [0.3, 0.4) is 0 Å². The summed E-state index contributed by atoms with van der Waals surface area (Å²) < 4.78 is 11.4. The molecule has 0 aliphatic heterocycles. The lowest BCUT2D eigenvalue weighted by atomic mass is 9.43. The molecule has 0 amide bonds. The Kier molecular flexibility index (Phi) is 3.73. The molecule has 1 aromatic rings. The Morgan fingerprint density at radius 3 is 2.36 bits per heavy atom. The number of hydrogen-bond donors (Lipinski definition) is 0. The standard InChI is InChI=1S/C23H34O2/c1-21(2)9-7-10-22(3)18(21)8-11-23(4)19(22)13-15-12-16(24-5)14-17(25-6)20(15)23/h12,14,18-19H,7-11,13H2,1-6H3/t18?,19-,22?,23-/m1/s1. The van der Waals surface area contributed by atoms with Crippen LogP contribution < -0.4 is 9.47 Å². The van der Waals surface area contributed by atoms with Gasteiger partial charge in [0.05, 0.1) is 14.2 Å². The first-order valence-corrected chi connectivity index (χ1v) is 10.0. The quantitative estimate of drug-likeness (QED) is 0.680. The molecule has 3 aliphatic carbocycles. The van der Waals surface area contributed by atoms with E-state index in [0.717, 1.165) is 17.4 Å². The summed E-state index contributed by atoms with van der Waals surface area (Å²) in [5, 5.41) is 0. The average molecular weight is 343 g/mol. The molecule has 25 heavy (non-hydrogen) atoms. The normalized spacial score (nSPS) is 38.5. The van der Waals surface area contributed by atoms with Crippen molar-refractivity contribution >= 4 is 0 Å². The van der Waals surface area contributed by atoms with Gasteiger partial charge < -0.3 is 9.47 Å². The van der Waals surface area contributed by atoms with Gasteiger partial charge in [0.2, 0.25) is 0 Å². The lowest BCUT2D eigenvalue weighted by molar-refractivity contribution is -0.0984. The van der Waals surface area contributed by atoms with Crippen LogP contribution in [0.5, 0.6) is 11.5 Å². The van der Waals surface area contributed by atoms with Gasteiger partial charge in [-0.3, -0.25) is 0 Å². The van der Waals surface area contributed by atoms with E-state index in [1.165, 1.54) is 49.7 Å². The summed E-state index contributed by atoms with van der Waals surface area (Å²) in [6, 6.07) is 4.36. The van der Waals surface area contributed by atoms with Gasteiger partial charge in [-0.2, -0.15) is 0 Å². The third-order valence-corrected chi connectivity index (χ3v) is 8.40. The molecule has 0 radical (unpaired) electrons. The topological polar surface area (TPSA) is 18.5 Å². The maximum atomic E-state index is 5.84. The maximum Gasteiger partial charge on any atom is 0.126 e. The summed E-state index contributed by atoms with van der Waals surface area (Å²) in [6.07, 6.45) is 7.98. The molecule has 0 saturated heterocycles. The van der Waals surface area contributed by atoms with E-state index in [-0.39, 0.29) is 5.41 Å². The Hall–Kier alpha value is -1.18. The van der Waals surface area contributed by atoms with Crippen molar-refractivity contribution in [1.29, 1.82) is 0 Å². The van der Waals surface area contributed by atoms with Crippen LogP contribution in [0.15, 0.2) is 12.1 Å². The third-order valence-electron chi connectivity index (χ3n) is 8.40. The molecule has 2 heteroatoms. The molecule has 0 aromatic heterocycles. The fourth-order valence-electron chi connectivity index (χ4n) is 7.36. The van der Waals surface area contributed by atoms with Gasteiger partial charge in [0.1, 0.15) is 11.5 Å². The van der Waals surface area contributed by atoms with Crippen molar-refractivity contribution < 1.29 is 9.47 Å². The lowest BCUT2D eigenvalue weighted by Crippen LogP contribution is -2.55. The van der Waals surface area contributed by atoms with Gasteiger partial charge in [0.25, 0.3) is 0 Å². The molecule has 0 spiro atoms. The molecule has 0 heterocycles. The summed E-state index contributed by atoms with van der Waals surface area (Å²) in [7, 11) is 3.56. The van der Waals surface area contributed by atoms with Gasteiger partial charge in [0.15, 0.2) is 0 Å². The van der Waals surface area contributed by atoms with Crippen LogP contribution in [-0.2, 0) is 11.8 Å². The van der Waals surface area contributed by atoms with E-state index in [4.69, 9.17) is 9.47 Å². The second-order valence-corrected chi connectivity index (χ2v) is 9.98. The van der Waals surface area contributed by atoms with Gasteiger partial charge in [0, 0.05) is 17.0 Å². The summed E-state index contributed by atoms with van der Waals surface area (Å²) in [6.45, 7) is 10.2. The van der Waals surface area contributed by atoms with Crippen LogP contribution in [-0.4, -0.2) is 14.2 Å². The highest BCUT2D eigenvalue weighted by Gasteiger charge is 2.61. The Morgan fingerprint density at radius 2 is 1.68 bits per heavy atom. The zero-order valence-electron chi connectivity index (χ0n) is 16.9. The zero-order valence-corrected chi connectivity index (χ0v) is 16.9. The van der Waals surface area contributed by atoms with E-state index in [0.29, 0.717) is 16.7 Å². The number of benzene rings is 1. The van der Waals surface area contributed by atoms with Gasteiger partial charge >= 0.3 is 0 Å². The molecular formula is C23H34O2. The number of methoxy groups -OCH3 is 2. The predicted molar refractivity (Wildman–Crippen MR) is 103 cm³/mol. The molecule has 2 nitrogen and oxygen atoms in total. The van der Waals surface area contributed by atoms with Crippen LogP contribution in [0.4, 0.5) is 0 Å². The summed E-state index contributed by atoms with van der Waals surface area (Å²) in [4.78, 5) is 0. The first-order chi connectivity index (χ1) is 11.8. The minimum atomic E-state index is 0.242. The highest BCUT2D eigenvalue weighted by molar-refractivity contribution is 5.55. The first-order valence-electron chi connectivity index (χ1n) is 10.0. The number of fused-ring (bicyclic) bond motifs is 5. The van der Waals surface area contributed by atoms with Gasteiger partial charge in [-0.05, 0) is 66.4 Å². The van der Waals surface area contributed by atoms with Crippen LogP contribution >= 0.6 is 0 Å². The second-order valence-electron chi connectivity index (χ2n) is 9.98. The fourth-order valence-corrected chi connectivity index (χ4v) is 7.36. The minimum Gasteiger partial charge on any atom is -0.497 e. The molecule has 4 atom stereocenters. The number of hydrogen-bond acceptors (Lipinski definition) is 2. The van der Waals surface area contributed by atoms with Gasteiger partial charge in [-0.1, -0.05) is 34.1 Å². The maximum absolute atomic E-state index is 5.84. The molecule has 2 saturated carbocycles. The second kappa shape index (κ2) is 5.41. The highest BCUT2D eigenvalue weighted by Crippen LogP contribution is 2.68. The van der Waals surface area contributed by atoms with Crippen molar-refractivity contribution in [3.05, 3.63) is 23.3 Å². The zero-order chi connectivity index (χ0) is 18.0. The monoisotopic (exact) mass is 342 g/mol. The van der Waals surface area contributed by atoms with E-state index >= 15 is 0 Å². The number of rotatable bonds is 2. The third kappa shape index (κ3) is 2.22. The van der Waals surface area contributed by atoms with Crippen molar-refractivity contribution in [2.75, 3.05) is 14.2 Å². The van der Waals surface area contributed by atoms with Crippen molar-refractivity contribution in [1.82, 2.24) is 0 Å². The molecule has 2 unspecified atom stereocenters. The minimum absolute atomic E-state index is 0.242. The summed E-state index contributed by atoms with van der Waals surface area (Å²) in [5.74, 6) is 3.53. The highest BCUT2D eigenvalue weighted by atomic mass is 16.5. The van der Waals surface area contributed by atoms with Crippen LogP contribution in [0.1, 0.15) is 70.9 Å². The molecule has 2 fully saturated rings. The molecule has 0 N–H and O–H groups in total. The Bertz CT molecular complexity index is 692. The van der Waals surface area contributed by atoms with E-state index < -0.39 is 0 Å². The predicted octanol–water partition coefficient (Wildman–Crippen LogP) is 5.76. The Balaban J connectivity index is 1.83. The van der Waals surface area contributed by atoms with Crippen molar-refractivity contribution in [2.24, 2.45) is 22.7 Å². The molecule has 4 rings (SSSR count). The van der Waals surface area contributed by atoms with Crippen molar-refractivity contribution in [3.63, 3.8) is 0 Å². The molecule has 1 aromatic carbocycles. The van der Waals surface area contributed by atoms with E-state index in [1.54, 1.807) is 7.11 Å². The summed E-state index contributed by atoms with van der Waals surface area (Å²) in [5.41, 5.74) is 4.10. The van der Waals surface area contributed by atoms with Crippen LogP contribution in [0.25, 0.3) is 0 Å². The SMILES string of the molecule is COc1cc2c(c(OC)c1)[C@]1(C)CCC3C(C)(C)CCCC3(C)[C@H]1C2. The van der Waals surface area contributed by atoms with Gasteiger partial charge in [-0.15, -0.1) is 0 Å². The molecule has 0 bridgehead atoms. The molecular weight excluding hydrogens is 308 g/mol. The van der Waals surface area contributed by atoms with Crippen LogP contribution in [0, 0.1) is 22.7 Å².